The van der Waals surface area contributed by atoms with Gasteiger partial charge in [0.1, 0.15) is 21.5 Å². The van der Waals surface area contributed by atoms with Crippen molar-refractivity contribution in [2.75, 3.05) is 38.6 Å². The highest BCUT2D eigenvalue weighted by Crippen LogP contribution is 2.38. The molecule has 5 aromatic rings. The van der Waals surface area contributed by atoms with Gasteiger partial charge in [0.15, 0.2) is 22.3 Å². The molecule has 0 aliphatic rings. The predicted molar refractivity (Wildman–Crippen MR) is 218 cm³/mol. The fourth-order valence-corrected chi connectivity index (χ4v) is 8.39. The zero-order chi connectivity index (χ0) is 36.6. The van der Waals surface area contributed by atoms with Crippen LogP contribution in [0.15, 0.2) is 49.1 Å². The summed E-state index contributed by atoms with van der Waals surface area (Å²) >= 11 is 2.21. The predicted octanol–water partition coefficient (Wildman–Crippen LogP) is 8.08. The lowest BCUT2D eigenvalue weighted by atomic mass is 10.1. The van der Waals surface area contributed by atoms with E-state index in [0.29, 0.717) is 5.82 Å². The Labute approximate surface area is 313 Å². The van der Waals surface area contributed by atoms with Gasteiger partial charge in [0.25, 0.3) is 0 Å². The van der Waals surface area contributed by atoms with Crippen LogP contribution < -0.4 is 5.73 Å². The third-order valence-corrected chi connectivity index (χ3v) is 20.7. The second kappa shape index (κ2) is 14.8. The minimum atomic E-state index is -1.84. The Bertz CT molecular complexity index is 1890. The number of pyridine rings is 1. The molecule has 0 bridgehead atoms. The van der Waals surface area contributed by atoms with Crippen molar-refractivity contribution in [1.82, 2.24) is 38.8 Å². The first kappa shape index (κ1) is 38.6. The summed E-state index contributed by atoms with van der Waals surface area (Å²) in [6.45, 7) is 30.0. The van der Waals surface area contributed by atoms with Gasteiger partial charge in [0.2, 0.25) is 0 Å². The molecule has 5 rings (SSSR count). The molecule has 0 saturated carbocycles. The van der Waals surface area contributed by atoms with Gasteiger partial charge in [0, 0.05) is 56.3 Å². The average Bonchev–Trinajstić information content (AvgIpc) is 3.73. The quantitative estimate of drug-likeness (QED) is 0.0884. The Kier molecular flexibility index (Phi) is 11.4. The molecule has 0 spiro atoms. The minimum Gasteiger partial charge on any atom is -0.416 e. The van der Waals surface area contributed by atoms with Gasteiger partial charge in [-0.15, -0.1) is 0 Å². The number of nitrogen functional groups attached to an aromatic ring is 1. The maximum Gasteiger partial charge on any atom is 0.192 e. The highest BCUT2D eigenvalue weighted by atomic mass is 127. The van der Waals surface area contributed by atoms with E-state index >= 15 is 0 Å². The van der Waals surface area contributed by atoms with E-state index in [4.69, 9.17) is 24.8 Å². The Morgan fingerprint density at radius 1 is 0.880 bits per heavy atom. The molecule has 11 nitrogen and oxygen atoms in total. The van der Waals surface area contributed by atoms with E-state index in [-0.39, 0.29) is 16.1 Å². The van der Waals surface area contributed by atoms with E-state index in [1.54, 1.807) is 0 Å². The van der Waals surface area contributed by atoms with Gasteiger partial charge in [-0.1, -0.05) is 47.6 Å². The third kappa shape index (κ3) is 8.20. The molecule has 0 aliphatic carbocycles. The fraction of sp³-hybridized carbons (Fsp3) is 0.556. The first-order chi connectivity index (χ1) is 23.3. The van der Waals surface area contributed by atoms with Crippen LogP contribution in [0.25, 0.3) is 27.9 Å². The SMILES string of the molecule is CC(c1cc2ccccn2c1-c1ccn(CCN(CCO[Si](C)(C)C(C)(C)C)CCO[Si](C)(C)C(C)(C)C)n1)n1nc(I)c2c(N)ncnc21. The van der Waals surface area contributed by atoms with Crippen molar-refractivity contribution in [1.29, 1.82) is 0 Å². The number of halogens is 1. The zero-order valence-corrected chi connectivity index (χ0v) is 35.9. The number of nitrogens with zero attached hydrogens (tertiary/aromatic N) is 8. The molecular weight excluding hydrogens is 774 g/mol. The summed E-state index contributed by atoms with van der Waals surface area (Å²) in [5, 5.41) is 11.1. The van der Waals surface area contributed by atoms with Crippen LogP contribution in [0, 0.1) is 3.70 Å². The molecule has 0 amide bonds. The molecule has 5 aromatic heterocycles. The Morgan fingerprint density at radius 2 is 1.52 bits per heavy atom. The second-order valence-electron chi connectivity index (χ2n) is 16.3. The molecule has 1 atom stereocenters. The van der Waals surface area contributed by atoms with Crippen LogP contribution in [0.4, 0.5) is 5.82 Å². The van der Waals surface area contributed by atoms with Gasteiger partial charge in [-0.05, 0) is 90.0 Å². The number of rotatable bonds is 14. The summed E-state index contributed by atoms with van der Waals surface area (Å²) < 4.78 is 20.2. The first-order valence-corrected chi connectivity index (χ1v) is 24.5. The maximum absolute atomic E-state index is 6.60. The first-order valence-electron chi connectivity index (χ1n) is 17.6. The maximum atomic E-state index is 6.60. The number of nitrogens with two attached hydrogens (primary N) is 1. The van der Waals surface area contributed by atoms with Crippen molar-refractivity contribution in [2.45, 2.75) is 97.3 Å². The normalized spacial score (nSPS) is 14.0. The molecule has 5 heterocycles. The van der Waals surface area contributed by atoms with E-state index < -0.39 is 16.6 Å². The van der Waals surface area contributed by atoms with Gasteiger partial charge >= 0.3 is 0 Å². The lowest BCUT2D eigenvalue weighted by molar-refractivity contribution is 0.160. The average molecular weight is 830 g/mol. The van der Waals surface area contributed by atoms with Gasteiger partial charge < -0.3 is 19.0 Å². The van der Waals surface area contributed by atoms with Crippen molar-refractivity contribution in [3.8, 4) is 11.4 Å². The van der Waals surface area contributed by atoms with Crippen LogP contribution in [0.1, 0.15) is 60.1 Å². The van der Waals surface area contributed by atoms with Crippen molar-refractivity contribution in [3.05, 3.63) is 58.3 Å². The lowest BCUT2D eigenvalue weighted by Crippen LogP contribution is -2.45. The Hall–Kier alpha value is -2.64. The summed E-state index contributed by atoms with van der Waals surface area (Å²) in [6, 6.07) is 10.4. The van der Waals surface area contributed by atoms with Crippen molar-refractivity contribution in [3.63, 3.8) is 0 Å². The Balaban J connectivity index is 1.37. The van der Waals surface area contributed by atoms with E-state index in [0.717, 1.165) is 76.6 Å². The number of hydrogen-bond donors (Lipinski definition) is 1. The van der Waals surface area contributed by atoms with Crippen molar-refractivity contribution in [2.24, 2.45) is 0 Å². The summed E-state index contributed by atoms with van der Waals surface area (Å²) in [4.78, 5) is 11.2. The van der Waals surface area contributed by atoms with Gasteiger partial charge in [0.05, 0.1) is 23.7 Å². The van der Waals surface area contributed by atoms with Crippen molar-refractivity contribution >= 4 is 61.6 Å². The van der Waals surface area contributed by atoms with E-state index in [2.05, 4.69) is 164 Å². The van der Waals surface area contributed by atoms with Gasteiger partial charge in [-0.3, -0.25) is 9.58 Å². The Morgan fingerprint density at radius 3 is 2.14 bits per heavy atom. The molecular formula is C36H56IN9O2Si2. The van der Waals surface area contributed by atoms with E-state index in [1.807, 2.05) is 4.68 Å². The third-order valence-electron chi connectivity index (χ3n) is 10.9. The van der Waals surface area contributed by atoms with Gasteiger partial charge in [-0.2, -0.15) is 10.2 Å². The highest BCUT2D eigenvalue weighted by Gasteiger charge is 2.38. The summed E-state index contributed by atoms with van der Waals surface area (Å²) in [5.74, 6) is 0.436. The monoisotopic (exact) mass is 829 g/mol. The highest BCUT2D eigenvalue weighted by molar-refractivity contribution is 14.1. The van der Waals surface area contributed by atoms with Crippen molar-refractivity contribution < 1.29 is 8.85 Å². The lowest BCUT2D eigenvalue weighted by Gasteiger charge is -2.38. The second-order valence-corrected chi connectivity index (χ2v) is 27.0. The number of hydrogen-bond acceptors (Lipinski definition) is 8. The molecule has 14 heteroatoms. The van der Waals surface area contributed by atoms with Crippen LogP contribution in [0.2, 0.25) is 36.3 Å². The van der Waals surface area contributed by atoms with Gasteiger partial charge in [-0.25, -0.2) is 14.6 Å². The molecule has 0 fully saturated rings. The van der Waals surface area contributed by atoms with Crippen LogP contribution in [-0.2, 0) is 15.4 Å². The molecule has 272 valence electrons. The van der Waals surface area contributed by atoms with Crippen LogP contribution >= 0.6 is 22.6 Å². The molecule has 0 saturated heterocycles. The molecule has 0 aliphatic heterocycles. The summed E-state index contributed by atoms with van der Waals surface area (Å²) in [7, 11) is -3.68. The van der Waals surface area contributed by atoms with Crippen LogP contribution in [0.3, 0.4) is 0 Å². The molecule has 0 aromatic carbocycles. The number of aromatic nitrogens is 7. The molecule has 50 heavy (non-hydrogen) atoms. The zero-order valence-electron chi connectivity index (χ0n) is 31.8. The van der Waals surface area contributed by atoms with E-state index in [9.17, 15) is 0 Å². The number of fused-ring (bicyclic) bond motifs is 2. The fourth-order valence-electron chi connectivity index (χ4n) is 5.57. The smallest absolute Gasteiger partial charge is 0.192 e. The van der Waals surface area contributed by atoms with Crippen LogP contribution in [-0.4, -0.2) is 88.3 Å². The summed E-state index contributed by atoms with van der Waals surface area (Å²) in [5.41, 5.74) is 11.1. The number of anilines is 1. The molecule has 2 N–H and O–H groups in total. The van der Waals surface area contributed by atoms with E-state index in [1.165, 1.54) is 6.33 Å². The van der Waals surface area contributed by atoms with Crippen LogP contribution in [0.5, 0.6) is 0 Å². The summed E-state index contributed by atoms with van der Waals surface area (Å²) in [6.07, 6.45) is 5.68. The molecule has 1 unspecified atom stereocenters. The molecule has 0 radical (unpaired) electrons. The topological polar surface area (TPSA) is 114 Å². The largest absolute Gasteiger partial charge is 0.416 e. The minimum absolute atomic E-state index is 0.132. The standard InChI is InChI=1S/C36H56IN9O2Si2/c1-26(46-34-30(32(37)42-46)33(38)39-25-40-34)28-24-27-14-12-13-16-45(27)31(28)29-15-17-44(41-29)19-18-43(20-22-47-49(8,9)35(2,3)4)21-23-48-50(10,11)36(5,6)7/h12-17,24-26H,18-23H2,1-11H3,(H2,38,39,40).